The molecule has 0 aliphatic rings. The highest BCUT2D eigenvalue weighted by atomic mass is 35.5. The Bertz CT molecular complexity index is 79.7. The molecule has 10 heavy (non-hydrogen) atoms. The predicted octanol–water partition coefficient (Wildman–Crippen LogP) is 2.71. The van der Waals surface area contributed by atoms with Gasteiger partial charge in [-0.05, 0) is 20.8 Å². The lowest BCUT2D eigenvalue weighted by Crippen LogP contribution is -2.19. The average molecular weight is 186 g/mol. The topological polar surface area (TPSA) is 3.24 Å². The number of rotatable bonds is 3. The van der Waals surface area contributed by atoms with Gasteiger partial charge in [0, 0.05) is 18.8 Å². The molecule has 0 saturated carbocycles. The molecular weight excluding hydrogens is 169 g/mol. The van der Waals surface area contributed by atoms with Crippen LogP contribution in [0.3, 0.4) is 0 Å². The number of hydrogen-bond donors (Lipinski definition) is 0. The van der Waals surface area contributed by atoms with Gasteiger partial charge < -0.3 is 4.90 Å². The molecule has 0 fully saturated rings. The normalized spacial score (nSPS) is 7.10. The third kappa shape index (κ3) is 6.24. The summed E-state index contributed by atoms with van der Waals surface area (Å²) in [7, 11) is 0. The molecule has 64 valence electrons. The largest absolute Gasteiger partial charge is 0.376 e. The van der Waals surface area contributed by atoms with Gasteiger partial charge in [-0.3, -0.25) is 0 Å². The summed E-state index contributed by atoms with van der Waals surface area (Å²) in [5.41, 5.74) is 1.16. The van der Waals surface area contributed by atoms with Crippen LogP contribution in [0, 0.1) is 0 Å². The van der Waals surface area contributed by atoms with Crippen LogP contribution in [-0.4, -0.2) is 18.0 Å². The highest BCUT2D eigenvalue weighted by Crippen LogP contribution is 1.96. The zero-order chi connectivity index (χ0) is 6.57. The first-order chi connectivity index (χ1) is 3.72. The van der Waals surface area contributed by atoms with Crippen LogP contribution in [0.25, 0.3) is 0 Å². The van der Waals surface area contributed by atoms with Crippen molar-refractivity contribution in [3.8, 4) is 0 Å². The van der Waals surface area contributed by atoms with Crippen molar-refractivity contribution in [1.29, 1.82) is 0 Å². The molecule has 3 heteroatoms. The summed E-state index contributed by atoms with van der Waals surface area (Å²) in [4.78, 5) is 2.22. The van der Waals surface area contributed by atoms with Gasteiger partial charge in [0.05, 0.1) is 0 Å². The highest BCUT2D eigenvalue weighted by molar-refractivity contribution is 5.85. The van der Waals surface area contributed by atoms with Crippen LogP contribution < -0.4 is 0 Å². The van der Waals surface area contributed by atoms with Crippen molar-refractivity contribution in [2.45, 2.75) is 20.8 Å². The van der Waals surface area contributed by atoms with E-state index in [2.05, 4.69) is 25.3 Å². The van der Waals surface area contributed by atoms with E-state index in [0.717, 1.165) is 18.8 Å². The lowest BCUT2D eigenvalue weighted by atomic mass is 10.4. The number of hydrogen-bond acceptors (Lipinski definition) is 1. The molecule has 0 N–H and O–H groups in total. The van der Waals surface area contributed by atoms with Gasteiger partial charge in [-0.1, -0.05) is 6.58 Å². The SMILES string of the molecule is C=C(C)N(CC)CC.Cl.Cl. The molecule has 0 rings (SSSR count). The minimum absolute atomic E-state index is 0. The molecule has 0 spiro atoms. The Morgan fingerprint density at radius 2 is 1.50 bits per heavy atom. The summed E-state index contributed by atoms with van der Waals surface area (Å²) in [6.07, 6.45) is 0. The molecule has 0 amide bonds. The van der Waals surface area contributed by atoms with E-state index in [1.165, 1.54) is 0 Å². The molecule has 0 radical (unpaired) electrons. The Morgan fingerprint density at radius 1 is 1.20 bits per heavy atom. The minimum atomic E-state index is 0. The minimum Gasteiger partial charge on any atom is -0.376 e. The second kappa shape index (κ2) is 9.12. The van der Waals surface area contributed by atoms with Gasteiger partial charge in [0.15, 0.2) is 0 Å². The molecule has 0 aromatic carbocycles. The lowest BCUT2D eigenvalue weighted by molar-refractivity contribution is 0.385. The summed E-state index contributed by atoms with van der Waals surface area (Å²) >= 11 is 0. The number of halogens is 2. The molecule has 0 unspecified atom stereocenters. The van der Waals surface area contributed by atoms with Gasteiger partial charge in [-0.15, -0.1) is 24.8 Å². The van der Waals surface area contributed by atoms with Gasteiger partial charge in [-0.2, -0.15) is 0 Å². The van der Waals surface area contributed by atoms with Crippen molar-refractivity contribution in [2.24, 2.45) is 0 Å². The maximum atomic E-state index is 3.82. The van der Waals surface area contributed by atoms with E-state index < -0.39 is 0 Å². The third-order valence-corrected chi connectivity index (χ3v) is 1.30. The van der Waals surface area contributed by atoms with Crippen LogP contribution in [0.2, 0.25) is 0 Å². The van der Waals surface area contributed by atoms with Crippen molar-refractivity contribution < 1.29 is 0 Å². The number of allylic oxidation sites excluding steroid dienone is 1. The smallest absolute Gasteiger partial charge is 0.0146 e. The fourth-order valence-corrected chi connectivity index (χ4v) is 0.763. The monoisotopic (exact) mass is 185 g/mol. The summed E-state index contributed by atoms with van der Waals surface area (Å²) in [5.74, 6) is 0. The van der Waals surface area contributed by atoms with Crippen LogP contribution in [0.4, 0.5) is 0 Å². The second-order valence-corrected chi connectivity index (χ2v) is 1.91. The Labute approximate surface area is 76.3 Å². The fraction of sp³-hybridized carbons (Fsp3) is 0.714. The standard InChI is InChI=1S/C7H15N.2ClH/c1-5-8(6-2)7(3)4;;/h3,5-6H2,1-2,4H3;2*1H. The zero-order valence-corrected chi connectivity index (χ0v) is 8.52. The van der Waals surface area contributed by atoms with Crippen LogP contribution in [-0.2, 0) is 0 Å². The molecule has 0 aliphatic carbocycles. The van der Waals surface area contributed by atoms with Crippen LogP contribution in [0.5, 0.6) is 0 Å². The molecule has 0 atom stereocenters. The van der Waals surface area contributed by atoms with Gasteiger partial charge in [0.1, 0.15) is 0 Å². The molecular formula is C7H17Cl2N. The Morgan fingerprint density at radius 3 is 1.50 bits per heavy atom. The van der Waals surface area contributed by atoms with Crippen molar-refractivity contribution in [1.82, 2.24) is 4.90 Å². The van der Waals surface area contributed by atoms with Gasteiger partial charge in [-0.25, -0.2) is 0 Å². The summed E-state index contributed by atoms with van der Waals surface area (Å²) in [6, 6.07) is 0. The Kier molecular flexibility index (Phi) is 15.1. The Hall–Kier alpha value is 0.120. The van der Waals surface area contributed by atoms with E-state index in [1.807, 2.05) is 6.92 Å². The van der Waals surface area contributed by atoms with Gasteiger partial charge in [0.2, 0.25) is 0 Å². The van der Waals surface area contributed by atoms with E-state index in [0.29, 0.717) is 0 Å². The molecule has 0 bridgehead atoms. The summed E-state index contributed by atoms with van der Waals surface area (Å²) < 4.78 is 0. The molecule has 0 aliphatic heterocycles. The first-order valence-corrected chi connectivity index (χ1v) is 3.12. The first kappa shape index (κ1) is 16.6. The predicted molar refractivity (Wildman–Crippen MR) is 52.2 cm³/mol. The van der Waals surface area contributed by atoms with Crippen LogP contribution in [0.15, 0.2) is 12.3 Å². The van der Waals surface area contributed by atoms with E-state index in [1.54, 1.807) is 0 Å². The fourth-order valence-electron chi connectivity index (χ4n) is 0.763. The van der Waals surface area contributed by atoms with Crippen LogP contribution in [0.1, 0.15) is 20.8 Å². The van der Waals surface area contributed by atoms with Crippen LogP contribution >= 0.6 is 24.8 Å². The average Bonchev–Trinajstić information content (AvgIpc) is 1.69. The third-order valence-electron chi connectivity index (χ3n) is 1.30. The second-order valence-electron chi connectivity index (χ2n) is 1.91. The highest BCUT2D eigenvalue weighted by Gasteiger charge is 1.92. The van der Waals surface area contributed by atoms with Crippen molar-refractivity contribution in [2.75, 3.05) is 13.1 Å². The van der Waals surface area contributed by atoms with Crippen molar-refractivity contribution in [3.05, 3.63) is 12.3 Å². The quantitative estimate of drug-likeness (QED) is 0.654. The molecule has 0 aromatic rings. The lowest BCUT2D eigenvalue weighted by Gasteiger charge is -2.19. The molecule has 0 heterocycles. The van der Waals surface area contributed by atoms with Gasteiger partial charge in [0.25, 0.3) is 0 Å². The van der Waals surface area contributed by atoms with Gasteiger partial charge >= 0.3 is 0 Å². The van der Waals surface area contributed by atoms with E-state index in [-0.39, 0.29) is 24.8 Å². The molecule has 0 aromatic heterocycles. The molecule has 1 nitrogen and oxygen atoms in total. The van der Waals surface area contributed by atoms with E-state index in [4.69, 9.17) is 0 Å². The maximum Gasteiger partial charge on any atom is 0.0146 e. The zero-order valence-electron chi connectivity index (χ0n) is 6.89. The summed E-state index contributed by atoms with van der Waals surface area (Å²) in [6.45, 7) is 12.3. The Balaban J connectivity index is -0.000000245. The van der Waals surface area contributed by atoms with E-state index >= 15 is 0 Å². The van der Waals surface area contributed by atoms with Crippen molar-refractivity contribution >= 4 is 24.8 Å². The maximum absolute atomic E-state index is 3.82. The number of nitrogens with zero attached hydrogens (tertiary/aromatic N) is 1. The van der Waals surface area contributed by atoms with E-state index in [9.17, 15) is 0 Å². The first-order valence-electron chi connectivity index (χ1n) is 3.12. The summed E-state index contributed by atoms with van der Waals surface area (Å²) in [5, 5.41) is 0. The van der Waals surface area contributed by atoms with Crippen molar-refractivity contribution in [3.63, 3.8) is 0 Å². The molecule has 0 saturated heterocycles.